The van der Waals surface area contributed by atoms with Crippen LogP contribution in [0.5, 0.6) is 5.75 Å². The minimum atomic E-state index is -0.192. The molecular formula is C39H35N3O. The minimum absolute atomic E-state index is 0.0876. The monoisotopic (exact) mass is 561 g/mol. The summed E-state index contributed by atoms with van der Waals surface area (Å²) in [6.45, 7) is 11.2. The van der Waals surface area contributed by atoms with Gasteiger partial charge in [0, 0.05) is 22.6 Å². The summed E-state index contributed by atoms with van der Waals surface area (Å²) in [6, 6.07) is 37.7. The summed E-state index contributed by atoms with van der Waals surface area (Å²) in [4.78, 5) is 12.0. The Morgan fingerprint density at radius 2 is 1.42 bits per heavy atom. The smallest absolute Gasteiger partial charge is 0.141 e. The van der Waals surface area contributed by atoms with E-state index in [-0.39, 0.29) is 16.6 Å². The maximum absolute atomic E-state index is 10.9. The third kappa shape index (κ3) is 4.45. The number of nitrogens with zero attached hydrogens (tertiary/aromatic N) is 3. The Bertz CT molecular complexity index is 1990. The molecule has 1 N–H and O–H groups in total. The van der Waals surface area contributed by atoms with Crippen LogP contribution in [0.4, 0.5) is 17.2 Å². The predicted octanol–water partition coefficient (Wildman–Crippen LogP) is 10.1. The van der Waals surface area contributed by atoms with Crippen molar-refractivity contribution in [2.24, 2.45) is 0 Å². The van der Waals surface area contributed by atoms with Crippen molar-refractivity contribution < 1.29 is 5.11 Å². The number of rotatable bonds is 3. The van der Waals surface area contributed by atoms with Crippen molar-refractivity contribution in [3.8, 4) is 28.1 Å². The second-order valence-corrected chi connectivity index (χ2v) is 12.9. The van der Waals surface area contributed by atoms with Gasteiger partial charge in [-0.3, -0.25) is 4.90 Å². The molecule has 1 aliphatic rings. The Morgan fingerprint density at radius 1 is 0.698 bits per heavy atom. The molecule has 0 saturated heterocycles. The second-order valence-electron chi connectivity index (χ2n) is 12.9. The van der Waals surface area contributed by atoms with Crippen molar-refractivity contribution in [1.29, 1.82) is 0 Å². The van der Waals surface area contributed by atoms with Gasteiger partial charge in [-0.1, -0.05) is 95.3 Å². The van der Waals surface area contributed by atoms with Crippen molar-refractivity contribution in [3.63, 3.8) is 0 Å². The van der Waals surface area contributed by atoms with Crippen LogP contribution in [0.2, 0.25) is 0 Å². The van der Waals surface area contributed by atoms with E-state index in [0.29, 0.717) is 5.52 Å². The summed E-state index contributed by atoms with van der Waals surface area (Å²) in [6.07, 6.45) is 1.84. The molecule has 0 aliphatic carbocycles. The van der Waals surface area contributed by atoms with Gasteiger partial charge < -0.3 is 5.11 Å². The van der Waals surface area contributed by atoms with Crippen LogP contribution in [-0.2, 0) is 10.8 Å². The third-order valence-electron chi connectivity index (χ3n) is 8.80. The molecule has 0 fully saturated rings. The van der Waals surface area contributed by atoms with E-state index in [1.165, 1.54) is 16.7 Å². The number of aromatic hydroxyl groups is 1. The van der Waals surface area contributed by atoms with Crippen LogP contribution >= 0.6 is 0 Å². The van der Waals surface area contributed by atoms with Crippen LogP contribution in [0, 0.1) is 0 Å². The van der Waals surface area contributed by atoms with Gasteiger partial charge in [-0.2, -0.15) is 0 Å². The number of hydrogen-bond donors (Lipinski definition) is 1. The van der Waals surface area contributed by atoms with Gasteiger partial charge in [0.25, 0.3) is 0 Å². The molecule has 0 saturated carbocycles. The first kappa shape index (κ1) is 26.9. The fraction of sp³-hybridized carbons (Fsp3) is 0.179. The number of para-hydroxylation sites is 1. The first-order valence-electron chi connectivity index (χ1n) is 14.8. The van der Waals surface area contributed by atoms with E-state index in [1.54, 1.807) is 6.07 Å². The number of aromatic nitrogens is 2. The summed E-state index contributed by atoms with van der Waals surface area (Å²) in [7, 11) is 0. The average Bonchev–Trinajstić information content (AvgIpc) is 3.01. The minimum Gasteiger partial charge on any atom is -0.506 e. The van der Waals surface area contributed by atoms with Gasteiger partial charge in [-0.15, -0.1) is 0 Å². The van der Waals surface area contributed by atoms with Gasteiger partial charge in [0.1, 0.15) is 17.1 Å². The number of fused-ring (bicyclic) bond motifs is 3. The highest BCUT2D eigenvalue weighted by atomic mass is 16.3. The molecule has 0 amide bonds. The van der Waals surface area contributed by atoms with Crippen LogP contribution in [-0.4, -0.2) is 15.1 Å². The molecule has 0 atom stereocenters. The van der Waals surface area contributed by atoms with E-state index < -0.39 is 0 Å². The van der Waals surface area contributed by atoms with E-state index in [1.807, 2.05) is 30.5 Å². The van der Waals surface area contributed by atoms with Gasteiger partial charge in [-0.05, 0) is 81.8 Å². The Hall–Kier alpha value is -4.96. The summed E-state index contributed by atoms with van der Waals surface area (Å²) >= 11 is 0. The predicted molar refractivity (Wildman–Crippen MR) is 178 cm³/mol. The average molecular weight is 562 g/mol. The third-order valence-corrected chi connectivity index (χ3v) is 8.80. The van der Waals surface area contributed by atoms with Gasteiger partial charge in [0.05, 0.1) is 17.1 Å². The standard InChI is InChI=1S/C39H35N3O/c1-38(2,3)27-16-13-25(14-17-27)28-19-22-35(43)37-29(28)18-21-32(41-37)26-15-20-31-34(24-26)42(36-12-8-9-23-40-36)33-11-7-6-10-30(33)39(31,4)5/h6-24,43H,1-5H3. The molecule has 2 aromatic heterocycles. The van der Waals surface area contributed by atoms with E-state index >= 15 is 0 Å². The summed E-state index contributed by atoms with van der Waals surface area (Å²) in [5, 5.41) is 11.9. The first-order valence-corrected chi connectivity index (χ1v) is 14.8. The maximum Gasteiger partial charge on any atom is 0.141 e. The normalized spacial score (nSPS) is 13.9. The molecular weight excluding hydrogens is 526 g/mol. The molecule has 0 radical (unpaired) electrons. The molecule has 4 nitrogen and oxygen atoms in total. The molecule has 212 valence electrons. The molecule has 4 aromatic carbocycles. The zero-order chi connectivity index (χ0) is 29.9. The highest BCUT2D eigenvalue weighted by molar-refractivity contribution is 5.99. The lowest BCUT2D eigenvalue weighted by Gasteiger charge is -2.41. The number of pyridine rings is 2. The largest absolute Gasteiger partial charge is 0.506 e. The lowest BCUT2D eigenvalue weighted by molar-refractivity contribution is 0.480. The topological polar surface area (TPSA) is 49.3 Å². The number of benzene rings is 4. The maximum atomic E-state index is 10.9. The SMILES string of the molecule is CC(C)(C)c1ccc(-c2ccc(O)c3nc(-c4ccc5c(c4)N(c4ccccn4)c4ccccc4C5(C)C)ccc23)cc1. The van der Waals surface area contributed by atoms with Crippen molar-refractivity contribution in [1.82, 2.24) is 9.97 Å². The Balaban J connectivity index is 1.36. The van der Waals surface area contributed by atoms with E-state index in [9.17, 15) is 5.11 Å². The van der Waals surface area contributed by atoms with Crippen molar-refractivity contribution in [2.45, 2.75) is 45.4 Å². The van der Waals surface area contributed by atoms with Gasteiger partial charge in [-0.25, -0.2) is 9.97 Å². The number of phenols is 1. The molecule has 6 aromatic rings. The fourth-order valence-electron chi connectivity index (χ4n) is 6.37. The first-order chi connectivity index (χ1) is 20.6. The zero-order valence-electron chi connectivity index (χ0n) is 25.3. The van der Waals surface area contributed by atoms with Gasteiger partial charge >= 0.3 is 0 Å². The fourth-order valence-corrected chi connectivity index (χ4v) is 6.37. The molecule has 7 rings (SSSR count). The quantitative estimate of drug-likeness (QED) is 0.234. The van der Waals surface area contributed by atoms with Crippen LogP contribution in [0.3, 0.4) is 0 Å². The van der Waals surface area contributed by atoms with Crippen molar-refractivity contribution in [2.75, 3.05) is 4.90 Å². The van der Waals surface area contributed by atoms with Gasteiger partial charge in [0.15, 0.2) is 0 Å². The van der Waals surface area contributed by atoms with E-state index in [0.717, 1.165) is 45.0 Å². The summed E-state index contributed by atoms with van der Waals surface area (Å²) < 4.78 is 0. The Labute approximate surface area is 253 Å². The molecule has 0 unspecified atom stereocenters. The van der Waals surface area contributed by atoms with Crippen molar-refractivity contribution in [3.05, 3.63) is 132 Å². The van der Waals surface area contributed by atoms with Crippen molar-refractivity contribution >= 4 is 28.1 Å². The number of phenolic OH excluding ortho intramolecular Hbond substituents is 1. The molecule has 0 bridgehead atoms. The molecule has 3 heterocycles. The Kier molecular flexibility index (Phi) is 6.14. The molecule has 43 heavy (non-hydrogen) atoms. The van der Waals surface area contributed by atoms with Crippen LogP contribution in [0.25, 0.3) is 33.3 Å². The lowest BCUT2D eigenvalue weighted by Crippen LogP contribution is -2.30. The van der Waals surface area contributed by atoms with E-state index in [4.69, 9.17) is 9.97 Å². The van der Waals surface area contributed by atoms with E-state index in [2.05, 4.69) is 118 Å². The second kappa shape index (κ2) is 9.81. The lowest BCUT2D eigenvalue weighted by atomic mass is 9.73. The Morgan fingerprint density at radius 3 is 2.16 bits per heavy atom. The highest BCUT2D eigenvalue weighted by Gasteiger charge is 2.37. The number of hydrogen-bond acceptors (Lipinski definition) is 4. The highest BCUT2D eigenvalue weighted by Crippen LogP contribution is 2.52. The van der Waals surface area contributed by atoms with Gasteiger partial charge in [0.2, 0.25) is 0 Å². The molecule has 0 spiro atoms. The van der Waals surface area contributed by atoms with Crippen LogP contribution in [0.15, 0.2) is 115 Å². The van der Waals surface area contributed by atoms with Crippen LogP contribution < -0.4 is 4.90 Å². The zero-order valence-corrected chi connectivity index (χ0v) is 25.3. The molecule has 1 aliphatic heterocycles. The van der Waals surface area contributed by atoms with Crippen LogP contribution in [0.1, 0.15) is 51.3 Å². The number of anilines is 3. The molecule has 4 heteroatoms. The summed E-state index contributed by atoms with van der Waals surface area (Å²) in [5.74, 6) is 1.05. The summed E-state index contributed by atoms with van der Waals surface area (Å²) in [5.41, 5.74) is 10.4.